The molecule has 3 fully saturated rings. The molecule has 2 aromatic carbocycles. The summed E-state index contributed by atoms with van der Waals surface area (Å²) in [5, 5.41) is 0. The number of aromatic nitrogens is 1. The molecular weight excluding hydrogens is 530 g/mol. The van der Waals surface area contributed by atoms with Gasteiger partial charge in [0.05, 0.1) is 25.4 Å². The normalized spacial score (nSPS) is 23.0. The van der Waals surface area contributed by atoms with Crippen molar-refractivity contribution in [1.29, 1.82) is 0 Å². The second-order valence-electron chi connectivity index (χ2n) is 11.6. The number of benzene rings is 2. The molecule has 0 bridgehead atoms. The van der Waals surface area contributed by atoms with Gasteiger partial charge < -0.3 is 19.1 Å². The van der Waals surface area contributed by atoms with Crippen LogP contribution in [0.1, 0.15) is 61.1 Å². The van der Waals surface area contributed by atoms with Crippen molar-refractivity contribution < 1.29 is 23.8 Å². The Balaban J connectivity index is 1.33. The highest BCUT2D eigenvalue weighted by atomic mass is 16.6. The number of methoxy groups -OCH3 is 1. The van der Waals surface area contributed by atoms with E-state index in [1.54, 1.807) is 12.0 Å². The number of carbonyl (C=O) groups is 2. The van der Waals surface area contributed by atoms with Gasteiger partial charge in [-0.2, -0.15) is 0 Å². The van der Waals surface area contributed by atoms with Crippen LogP contribution in [0.4, 0.5) is 10.6 Å². The number of carbonyl (C=O) groups excluding carboxylic acids is 2. The number of hydrogen-bond donors (Lipinski definition) is 0. The van der Waals surface area contributed by atoms with Crippen molar-refractivity contribution in [2.24, 2.45) is 5.92 Å². The van der Waals surface area contributed by atoms with E-state index in [1.807, 2.05) is 45.0 Å². The van der Waals surface area contributed by atoms with Gasteiger partial charge in [0.2, 0.25) is 0 Å². The minimum atomic E-state index is -0.349. The highest BCUT2D eigenvalue weighted by molar-refractivity contribution is 5.86. The van der Waals surface area contributed by atoms with E-state index < -0.39 is 0 Å². The fraction of sp³-hybridized carbons (Fsp3) is 0.441. The molecule has 1 saturated carbocycles. The van der Waals surface area contributed by atoms with Gasteiger partial charge in [0.25, 0.3) is 0 Å². The van der Waals surface area contributed by atoms with Crippen LogP contribution in [-0.4, -0.2) is 61.2 Å². The van der Waals surface area contributed by atoms with Crippen molar-refractivity contribution in [2.45, 2.75) is 58.2 Å². The third-order valence-corrected chi connectivity index (χ3v) is 8.82. The molecule has 8 nitrogen and oxygen atoms in total. The molecule has 1 aromatic heterocycles. The molecule has 2 saturated heterocycles. The van der Waals surface area contributed by atoms with E-state index in [2.05, 4.69) is 35.2 Å². The van der Waals surface area contributed by atoms with Gasteiger partial charge in [-0.3, -0.25) is 9.69 Å². The molecule has 8 heteroatoms. The van der Waals surface area contributed by atoms with Crippen LogP contribution in [0.5, 0.6) is 5.75 Å². The van der Waals surface area contributed by atoms with Crippen molar-refractivity contribution in [3.05, 3.63) is 77.0 Å². The summed E-state index contributed by atoms with van der Waals surface area (Å²) < 4.78 is 17.1. The molecule has 1 amide bonds. The topological polar surface area (TPSA) is 81.2 Å². The second kappa shape index (κ2) is 11.8. The Kier molecular flexibility index (Phi) is 7.90. The van der Waals surface area contributed by atoms with Gasteiger partial charge in [-0.1, -0.05) is 35.9 Å². The summed E-state index contributed by atoms with van der Waals surface area (Å²) in [6.45, 7) is 8.94. The maximum Gasteiger partial charge on any atom is 0.411 e. The third-order valence-electron chi connectivity index (χ3n) is 8.82. The van der Waals surface area contributed by atoms with Crippen molar-refractivity contribution >= 4 is 17.7 Å². The summed E-state index contributed by atoms with van der Waals surface area (Å²) in [5.74, 6) is 1.96. The first-order valence-corrected chi connectivity index (χ1v) is 14.9. The molecule has 4 atom stereocenters. The third kappa shape index (κ3) is 5.48. The molecule has 0 unspecified atom stereocenters. The molecule has 220 valence electrons. The molecule has 1 aliphatic carbocycles. The van der Waals surface area contributed by atoms with Crippen molar-refractivity contribution in [3.8, 4) is 16.9 Å². The van der Waals surface area contributed by atoms with Crippen LogP contribution in [0.3, 0.4) is 0 Å². The van der Waals surface area contributed by atoms with Crippen LogP contribution in [-0.2, 0) is 20.8 Å². The predicted octanol–water partition coefficient (Wildman–Crippen LogP) is 6.07. The van der Waals surface area contributed by atoms with Gasteiger partial charge in [0.15, 0.2) is 5.78 Å². The fourth-order valence-electron chi connectivity index (χ4n) is 6.14. The van der Waals surface area contributed by atoms with Gasteiger partial charge in [0, 0.05) is 36.7 Å². The Morgan fingerprint density at radius 3 is 2.62 bits per heavy atom. The summed E-state index contributed by atoms with van der Waals surface area (Å²) in [5.41, 5.74) is 5.84. The predicted molar refractivity (Wildman–Crippen MR) is 161 cm³/mol. The van der Waals surface area contributed by atoms with Crippen molar-refractivity contribution in [3.63, 3.8) is 0 Å². The summed E-state index contributed by atoms with van der Waals surface area (Å²) in [6, 6.07) is 18.3. The average molecular weight is 570 g/mol. The van der Waals surface area contributed by atoms with E-state index in [4.69, 9.17) is 19.2 Å². The number of Topliss-reactive ketones (excluding diaryl/α,β-unsaturated/α-hetero) is 1. The van der Waals surface area contributed by atoms with Crippen LogP contribution < -0.4 is 9.64 Å². The lowest BCUT2D eigenvalue weighted by Gasteiger charge is -2.33. The zero-order chi connectivity index (χ0) is 29.4. The number of aryl methyl sites for hydroxylation is 1. The van der Waals surface area contributed by atoms with E-state index in [0.717, 1.165) is 71.0 Å². The first kappa shape index (κ1) is 28.2. The van der Waals surface area contributed by atoms with Crippen molar-refractivity contribution in [2.75, 3.05) is 38.3 Å². The van der Waals surface area contributed by atoms with Crippen LogP contribution >= 0.6 is 0 Å². The number of anilines is 1. The minimum absolute atomic E-state index is 0.0111. The molecule has 2 aliphatic heterocycles. The van der Waals surface area contributed by atoms with E-state index in [-0.39, 0.29) is 42.5 Å². The molecule has 3 aliphatic rings. The van der Waals surface area contributed by atoms with Crippen LogP contribution in [0.15, 0.2) is 54.6 Å². The standard InChI is InChI=1S/C34H39N3O5/c1-5-41-20-30(38)27-18-26(27)23-10-12-31(40-4)28(17-23)25-11-13-32(36-14-7-15-36)35-29(25)19-37-22(3)33(42-34(37)39)24-9-6-8-21(2)16-24/h6,8-13,16-17,22,26-27,33H,5,7,14-15,18-20H2,1-4H3/t22-,26-,27+,33-/m0/s1. The molecule has 0 N–H and O–H groups in total. The number of pyridine rings is 1. The summed E-state index contributed by atoms with van der Waals surface area (Å²) in [4.78, 5) is 35.0. The van der Waals surface area contributed by atoms with Crippen molar-refractivity contribution in [1.82, 2.24) is 9.88 Å². The Bertz CT molecular complexity index is 1490. The van der Waals surface area contributed by atoms with Crippen LogP contribution in [0.2, 0.25) is 0 Å². The van der Waals surface area contributed by atoms with Gasteiger partial charge in [-0.15, -0.1) is 0 Å². The number of cyclic esters (lactones) is 1. The lowest BCUT2D eigenvalue weighted by Crippen LogP contribution is -2.38. The van der Waals surface area contributed by atoms with E-state index in [1.165, 1.54) is 0 Å². The van der Waals surface area contributed by atoms with E-state index in [9.17, 15) is 9.59 Å². The number of hydrogen-bond acceptors (Lipinski definition) is 7. The van der Waals surface area contributed by atoms with Crippen LogP contribution in [0.25, 0.3) is 11.1 Å². The number of ether oxygens (including phenoxy) is 3. The van der Waals surface area contributed by atoms with E-state index >= 15 is 0 Å². The largest absolute Gasteiger partial charge is 0.496 e. The number of rotatable bonds is 11. The fourth-order valence-corrected chi connectivity index (χ4v) is 6.14. The number of amides is 1. The second-order valence-corrected chi connectivity index (χ2v) is 11.6. The first-order valence-electron chi connectivity index (χ1n) is 14.9. The van der Waals surface area contributed by atoms with Gasteiger partial charge in [-0.05, 0) is 74.9 Å². The maximum absolute atomic E-state index is 13.2. The Hall–Kier alpha value is -3.91. The van der Waals surface area contributed by atoms with Gasteiger partial charge in [-0.25, -0.2) is 9.78 Å². The number of nitrogens with zero attached hydrogens (tertiary/aromatic N) is 3. The molecule has 0 spiro atoms. The van der Waals surface area contributed by atoms with Gasteiger partial charge in [0.1, 0.15) is 24.3 Å². The lowest BCUT2D eigenvalue weighted by molar-refractivity contribution is -0.124. The lowest BCUT2D eigenvalue weighted by atomic mass is 9.96. The van der Waals surface area contributed by atoms with Crippen LogP contribution in [0, 0.1) is 12.8 Å². The highest BCUT2D eigenvalue weighted by Crippen LogP contribution is 2.50. The highest BCUT2D eigenvalue weighted by Gasteiger charge is 2.44. The molecule has 3 aromatic rings. The summed E-state index contributed by atoms with van der Waals surface area (Å²) >= 11 is 0. The Labute approximate surface area is 247 Å². The monoisotopic (exact) mass is 569 g/mol. The maximum atomic E-state index is 13.2. The van der Waals surface area contributed by atoms with Gasteiger partial charge >= 0.3 is 6.09 Å². The quantitative estimate of drug-likeness (QED) is 0.277. The number of ketones is 1. The molecule has 6 rings (SSSR count). The zero-order valence-corrected chi connectivity index (χ0v) is 24.8. The zero-order valence-electron chi connectivity index (χ0n) is 24.8. The molecule has 42 heavy (non-hydrogen) atoms. The smallest absolute Gasteiger partial charge is 0.411 e. The molecular formula is C34H39N3O5. The van der Waals surface area contributed by atoms with E-state index in [0.29, 0.717) is 13.2 Å². The SMILES string of the molecule is CCOCC(=O)[C@@H]1C[C@H]1c1ccc(OC)c(-c2ccc(N3CCC3)nc2CN2C(=O)O[C@H](c3cccc(C)c3)[C@@H]2C)c1. The minimum Gasteiger partial charge on any atom is -0.496 e. The molecule has 0 radical (unpaired) electrons. The molecule has 3 heterocycles. The summed E-state index contributed by atoms with van der Waals surface area (Å²) in [7, 11) is 1.66. The first-order chi connectivity index (χ1) is 20.4. The average Bonchev–Trinajstić information content (AvgIpc) is 3.72. The Morgan fingerprint density at radius 1 is 1.07 bits per heavy atom. The summed E-state index contributed by atoms with van der Waals surface area (Å²) in [6.07, 6.45) is 1.28. The Morgan fingerprint density at radius 2 is 1.90 bits per heavy atom.